The van der Waals surface area contributed by atoms with Gasteiger partial charge in [0.1, 0.15) is 5.82 Å². The Morgan fingerprint density at radius 1 is 1.16 bits per heavy atom. The molecule has 0 aliphatic carbocycles. The number of nitrogens with zero attached hydrogens (tertiary/aromatic N) is 4. The predicted molar refractivity (Wildman–Crippen MR) is 67.7 cm³/mol. The van der Waals surface area contributed by atoms with Crippen LogP contribution in [0.2, 0.25) is 0 Å². The molecule has 0 atom stereocenters. The van der Waals surface area contributed by atoms with Crippen molar-refractivity contribution < 1.29 is 14.7 Å². The zero-order valence-electron chi connectivity index (χ0n) is 10.5. The molecule has 102 valence electrons. The highest BCUT2D eigenvalue weighted by Gasteiger charge is 2.22. The summed E-state index contributed by atoms with van der Waals surface area (Å²) in [5, 5.41) is 8.56. The van der Waals surface area contributed by atoms with Gasteiger partial charge in [0.15, 0.2) is 0 Å². The molecule has 0 bridgehead atoms. The molecule has 1 aliphatic heterocycles. The molecule has 1 amide bonds. The molecular weight excluding hydrogens is 248 g/mol. The van der Waals surface area contributed by atoms with Crippen molar-refractivity contribution in [2.24, 2.45) is 0 Å². The highest BCUT2D eigenvalue weighted by molar-refractivity contribution is 5.80. The van der Waals surface area contributed by atoms with Gasteiger partial charge in [-0.2, -0.15) is 0 Å². The molecule has 1 fully saturated rings. The Bertz CT molecular complexity index is 444. The van der Waals surface area contributed by atoms with E-state index in [0.717, 1.165) is 5.82 Å². The van der Waals surface area contributed by atoms with Crippen LogP contribution in [0.4, 0.5) is 5.82 Å². The molecule has 0 unspecified atom stereocenters. The van der Waals surface area contributed by atoms with Gasteiger partial charge in [-0.1, -0.05) is 0 Å². The molecule has 0 saturated carbocycles. The van der Waals surface area contributed by atoms with Crippen LogP contribution < -0.4 is 4.90 Å². The molecule has 1 aromatic heterocycles. The summed E-state index contributed by atoms with van der Waals surface area (Å²) < 4.78 is 0. The van der Waals surface area contributed by atoms with Crippen molar-refractivity contribution in [2.45, 2.75) is 12.8 Å². The maximum absolute atomic E-state index is 11.8. The molecule has 0 spiro atoms. The summed E-state index contributed by atoms with van der Waals surface area (Å²) in [5.41, 5.74) is 0. The fourth-order valence-corrected chi connectivity index (χ4v) is 2.01. The zero-order valence-corrected chi connectivity index (χ0v) is 10.5. The van der Waals surface area contributed by atoms with E-state index in [1.165, 1.54) is 0 Å². The summed E-state index contributed by atoms with van der Waals surface area (Å²) >= 11 is 0. The second kappa shape index (κ2) is 6.12. The smallest absolute Gasteiger partial charge is 0.303 e. The van der Waals surface area contributed by atoms with Gasteiger partial charge in [0.2, 0.25) is 5.91 Å². The van der Waals surface area contributed by atoms with Crippen LogP contribution in [-0.4, -0.2) is 58.0 Å². The lowest BCUT2D eigenvalue weighted by Gasteiger charge is -2.35. The minimum absolute atomic E-state index is 0.0699. The zero-order chi connectivity index (χ0) is 13.7. The average molecular weight is 264 g/mol. The van der Waals surface area contributed by atoms with Crippen molar-refractivity contribution in [3.63, 3.8) is 0 Å². The number of carbonyl (C=O) groups is 2. The van der Waals surface area contributed by atoms with E-state index >= 15 is 0 Å². The summed E-state index contributed by atoms with van der Waals surface area (Å²) in [7, 11) is 0. The molecule has 0 radical (unpaired) electrons. The van der Waals surface area contributed by atoms with Crippen LogP contribution in [0.3, 0.4) is 0 Å². The molecule has 1 aromatic rings. The first kappa shape index (κ1) is 13.3. The van der Waals surface area contributed by atoms with Crippen molar-refractivity contribution in [3.8, 4) is 0 Å². The number of piperazine rings is 1. The molecule has 1 aliphatic rings. The second-order valence-electron chi connectivity index (χ2n) is 4.33. The molecule has 0 aromatic carbocycles. The van der Waals surface area contributed by atoms with E-state index in [9.17, 15) is 9.59 Å². The van der Waals surface area contributed by atoms with Gasteiger partial charge in [-0.25, -0.2) is 4.98 Å². The Morgan fingerprint density at radius 2 is 1.89 bits per heavy atom. The van der Waals surface area contributed by atoms with Crippen LogP contribution in [0.15, 0.2) is 18.6 Å². The van der Waals surface area contributed by atoms with Gasteiger partial charge in [0.25, 0.3) is 0 Å². The van der Waals surface area contributed by atoms with Gasteiger partial charge >= 0.3 is 5.97 Å². The third-order valence-electron chi connectivity index (χ3n) is 3.06. The Hall–Kier alpha value is -2.18. The molecule has 2 heterocycles. The lowest BCUT2D eigenvalue weighted by molar-refractivity contribution is -0.141. The summed E-state index contributed by atoms with van der Waals surface area (Å²) in [5.74, 6) is -0.229. The van der Waals surface area contributed by atoms with Crippen LogP contribution in [0.5, 0.6) is 0 Å². The van der Waals surface area contributed by atoms with Crippen molar-refractivity contribution >= 4 is 17.7 Å². The first-order chi connectivity index (χ1) is 9.16. The fraction of sp³-hybridized carbons (Fsp3) is 0.500. The number of amides is 1. The van der Waals surface area contributed by atoms with E-state index < -0.39 is 5.97 Å². The van der Waals surface area contributed by atoms with E-state index in [0.29, 0.717) is 26.2 Å². The first-order valence-electron chi connectivity index (χ1n) is 6.17. The molecule has 19 heavy (non-hydrogen) atoms. The van der Waals surface area contributed by atoms with Gasteiger partial charge in [0.05, 0.1) is 12.6 Å². The van der Waals surface area contributed by atoms with E-state index in [4.69, 9.17) is 5.11 Å². The SMILES string of the molecule is O=C(O)CCC(=O)N1CCN(c2cnccn2)CC1. The Labute approximate surface area is 110 Å². The summed E-state index contributed by atoms with van der Waals surface area (Å²) in [6.07, 6.45) is 4.92. The Morgan fingerprint density at radius 3 is 2.47 bits per heavy atom. The normalized spacial score (nSPS) is 15.4. The van der Waals surface area contributed by atoms with Gasteiger partial charge in [-0.15, -0.1) is 0 Å². The van der Waals surface area contributed by atoms with Crippen molar-refractivity contribution in [2.75, 3.05) is 31.1 Å². The van der Waals surface area contributed by atoms with E-state index in [2.05, 4.69) is 14.9 Å². The number of rotatable bonds is 4. The maximum Gasteiger partial charge on any atom is 0.303 e. The standard InChI is InChI=1S/C12H16N4O3/c17-11(1-2-12(18)19)16-7-5-15(6-8-16)10-9-13-3-4-14-10/h3-4,9H,1-2,5-8H2,(H,18,19). The van der Waals surface area contributed by atoms with Crippen molar-refractivity contribution in [3.05, 3.63) is 18.6 Å². The third kappa shape index (κ3) is 3.64. The highest BCUT2D eigenvalue weighted by atomic mass is 16.4. The van der Waals surface area contributed by atoms with Crippen molar-refractivity contribution in [1.82, 2.24) is 14.9 Å². The predicted octanol–water partition coefficient (Wildman–Crippen LogP) is -0.0100. The Balaban J connectivity index is 1.82. The van der Waals surface area contributed by atoms with Gasteiger partial charge in [-0.3, -0.25) is 14.6 Å². The minimum atomic E-state index is -0.938. The molecule has 7 heteroatoms. The third-order valence-corrected chi connectivity index (χ3v) is 3.06. The molecule has 2 rings (SSSR count). The number of hydrogen-bond donors (Lipinski definition) is 1. The largest absolute Gasteiger partial charge is 0.481 e. The number of hydrogen-bond acceptors (Lipinski definition) is 5. The number of carboxylic acid groups (broad SMARTS) is 1. The molecule has 1 saturated heterocycles. The van der Waals surface area contributed by atoms with Crippen LogP contribution in [0, 0.1) is 0 Å². The van der Waals surface area contributed by atoms with Crippen LogP contribution in [0.25, 0.3) is 0 Å². The Kier molecular flexibility index (Phi) is 4.27. The maximum atomic E-state index is 11.8. The topological polar surface area (TPSA) is 86.6 Å². The number of anilines is 1. The number of aromatic nitrogens is 2. The highest BCUT2D eigenvalue weighted by Crippen LogP contribution is 2.12. The van der Waals surface area contributed by atoms with Crippen LogP contribution in [-0.2, 0) is 9.59 Å². The summed E-state index contributed by atoms with van der Waals surface area (Å²) in [4.78, 5) is 34.2. The summed E-state index contributed by atoms with van der Waals surface area (Å²) in [6, 6.07) is 0. The van der Waals surface area contributed by atoms with E-state index in [-0.39, 0.29) is 18.7 Å². The van der Waals surface area contributed by atoms with Crippen LogP contribution in [0.1, 0.15) is 12.8 Å². The second-order valence-corrected chi connectivity index (χ2v) is 4.33. The number of aliphatic carboxylic acids is 1. The van der Waals surface area contributed by atoms with Gasteiger partial charge in [-0.05, 0) is 0 Å². The fourth-order valence-electron chi connectivity index (χ4n) is 2.01. The monoisotopic (exact) mass is 264 g/mol. The average Bonchev–Trinajstić information content (AvgIpc) is 2.46. The quantitative estimate of drug-likeness (QED) is 0.823. The van der Waals surface area contributed by atoms with E-state index in [1.807, 2.05) is 0 Å². The molecule has 1 N–H and O–H groups in total. The van der Waals surface area contributed by atoms with Gasteiger partial charge < -0.3 is 14.9 Å². The van der Waals surface area contributed by atoms with E-state index in [1.54, 1.807) is 23.5 Å². The lowest BCUT2D eigenvalue weighted by Crippen LogP contribution is -2.49. The van der Waals surface area contributed by atoms with Crippen LogP contribution >= 0.6 is 0 Å². The summed E-state index contributed by atoms with van der Waals surface area (Å²) in [6.45, 7) is 2.57. The molecular formula is C12H16N4O3. The van der Waals surface area contributed by atoms with Gasteiger partial charge in [0, 0.05) is 45.0 Å². The number of carboxylic acids is 1. The molecule has 7 nitrogen and oxygen atoms in total. The number of carbonyl (C=O) groups excluding carboxylic acids is 1. The van der Waals surface area contributed by atoms with Crippen molar-refractivity contribution in [1.29, 1.82) is 0 Å². The minimum Gasteiger partial charge on any atom is -0.481 e. The first-order valence-corrected chi connectivity index (χ1v) is 6.17. The lowest BCUT2D eigenvalue weighted by atomic mass is 10.2.